The molecule has 1 atom stereocenters. The Labute approximate surface area is 133 Å². The summed E-state index contributed by atoms with van der Waals surface area (Å²) in [5, 5.41) is 14.3. The van der Waals surface area contributed by atoms with Gasteiger partial charge >= 0.3 is 0 Å². The molecule has 6 nitrogen and oxygen atoms in total. The highest BCUT2D eigenvalue weighted by Crippen LogP contribution is 2.22. The van der Waals surface area contributed by atoms with Crippen molar-refractivity contribution in [3.63, 3.8) is 0 Å². The van der Waals surface area contributed by atoms with Gasteiger partial charge in [0.15, 0.2) is 11.6 Å². The lowest BCUT2D eigenvalue weighted by molar-refractivity contribution is -0.385. The Hall–Kier alpha value is -2.54. The predicted molar refractivity (Wildman–Crippen MR) is 84.7 cm³/mol. The summed E-state index contributed by atoms with van der Waals surface area (Å²) in [7, 11) is 0. The maximum atomic E-state index is 13.8. The van der Waals surface area contributed by atoms with E-state index >= 15 is 0 Å². The van der Waals surface area contributed by atoms with Crippen LogP contribution in [0.4, 0.5) is 15.9 Å². The number of nitrogens with one attached hydrogen (secondary N) is 1. The number of hydrogen-bond acceptors (Lipinski definition) is 5. The number of hydrogen-bond donors (Lipinski definition) is 1. The first-order valence-electron chi connectivity index (χ1n) is 7.46. The van der Waals surface area contributed by atoms with Gasteiger partial charge in [-0.15, -0.1) is 0 Å². The van der Waals surface area contributed by atoms with Crippen LogP contribution in [0.3, 0.4) is 0 Å². The highest BCUT2D eigenvalue weighted by Gasteiger charge is 2.25. The van der Waals surface area contributed by atoms with Gasteiger partial charge in [-0.1, -0.05) is 18.2 Å². The van der Waals surface area contributed by atoms with Crippen molar-refractivity contribution in [1.29, 1.82) is 0 Å². The molecule has 0 aliphatic carbocycles. The van der Waals surface area contributed by atoms with E-state index in [1.807, 2.05) is 4.90 Å². The van der Waals surface area contributed by atoms with Crippen molar-refractivity contribution >= 4 is 11.5 Å². The molecular weight excluding hydrogens is 299 g/mol. The van der Waals surface area contributed by atoms with Crippen molar-refractivity contribution < 1.29 is 9.31 Å². The Morgan fingerprint density at radius 2 is 2.17 bits per heavy atom. The molecule has 1 saturated heterocycles. The zero-order valence-corrected chi connectivity index (χ0v) is 12.5. The number of aromatic nitrogens is 1. The van der Waals surface area contributed by atoms with E-state index in [-0.39, 0.29) is 22.5 Å². The van der Waals surface area contributed by atoms with Crippen molar-refractivity contribution in [2.75, 3.05) is 18.0 Å². The lowest BCUT2D eigenvalue weighted by Crippen LogP contribution is -2.32. The van der Waals surface area contributed by atoms with Crippen molar-refractivity contribution in [2.24, 2.45) is 0 Å². The van der Waals surface area contributed by atoms with Crippen LogP contribution in [0.2, 0.25) is 0 Å². The monoisotopic (exact) mass is 316 g/mol. The Kier molecular flexibility index (Phi) is 4.47. The van der Waals surface area contributed by atoms with E-state index in [1.54, 1.807) is 30.5 Å². The molecule has 1 aromatic carbocycles. The topological polar surface area (TPSA) is 71.3 Å². The van der Waals surface area contributed by atoms with Crippen LogP contribution in [-0.2, 0) is 6.54 Å². The number of rotatable bonds is 5. The standard InChI is InChI=1S/C16H17FN4O2/c17-14-5-3-8-18-16(14)20-9-7-13(11-20)19-10-12-4-1-2-6-15(12)21(22)23/h1-6,8,13,19H,7,9-11H2/t13-/m0/s1. The first kappa shape index (κ1) is 15.4. The van der Waals surface area contributed by atoms with E-state index in [4.69, 9.17) is 0 Å². The SMILES string of the molecule is O=[N+]([O-])c1ccccc1CN[C@H]1CCN(c2ncccc2F)C1. The summed E-state index contributed by atoms with van der Waals surface area (Å²) in [5.74, 6) is 0.0364. The fourth-order valence-electron chi connectivity index (χ4n) is 2.82. The summed E-state index contributed by atoms with van der Waals surface area (Å²) in [5.41, 5.74) is 0.769. The quantitative estimate of drug-likeness (QED) is 0.678. The largest absolute Gasteiger partial charge is 0.353 e. The molecule has 1 aliphatic rings. The third kappa shape index (κ3) is 3.45. The highest BCUT2D eigenvalue weighted by atomic mass is 19.1. The second kappa shape index (κ2) is 6.70. The van der Waals surface area contributed by atoms with Gasteiger partial charge in [-0.05, 0) is 18.6 Å². The van der Waals surface area contributed by atoms with Crippen LogP contribution in [0.15, 0.2) is 42.6 Å². The van der Waals surface area contributed by atoms with E-state index in [0.29, 0.717) is 31.0 Å². The normalized spacial score (nSPS) is 17.4. The molecule has 1 fully saturated rings. The van der Waals surface area contributed by atoms with Crippen LogP contribution in [0.25, 0.3) is 0 Å². The van der Waals surface area contributed by atoms with E-state index < -0.39 is 0 Å². The average Bonchev–Trinajstić information content (AvgIpc) is 3.02. The van der Waals surface area contributed by atoms with Crippen LogP contribution >= 0.6 is 0 Å². The van der Waals surface area contributed by atoms with Gasteiger partial charge in [0.05, 0.1) is 4.92 Å². The van der Waals surface area contributed by atoms with Crippen LogP contribution in [0.1, 0.15) is 12.0 Å². The predicted octanol–water partition coefficient (Wildman–Crippen LogP) is 2.50. The van der Waals surface area contributed by atoms with Crippen molar-refractivity contribution in [2.45, 2.75) is 19.0 Å². The van der Waals surface area contributed by atoms with Crippen molar-refractivity contribution in [1.82, 2.24) is 10.3 Å². The molecule has 0 unspecified atom stereocenters. The van der Waals surface area contributed by atoms with Gasteiger partial charge in [-0.2, -0.15) is 0 Å². The summed E-state index contributed by atoms with van der Waals surface area (Å²) in [6.07, 6.45) is 2.42. The first-order chi connectivity index (χ1) is 11.1. The number of anilines is 1. The molecule has 23 heavy (non-hydrogen) atoms. The Balaban J connectivity index is 1.61. The summed E-state index contributed by atoms with van der Waals surface area (Å²) >= 11 is 0. The number of nitro benzene ring substituents is 1. The first-order valence-corrected chi connectivity index (χ1v) is 7.46. The summed E-state index contributed by atoms with van der Waals surface area (Å²) in [6, 6.07) is 9.81. The van der Waals surface area contributed by atoms with E-state index in [1.165, 1.54) is 12.1 Å². The minimum absolute atomic E-state index is 0.116. The summed E-state index contributed by atoms with van der Waals surface area (Å²) < 4.78 is 13.8. The molecular formula is C16H17FN4O2. The highest BCUT2D eigenvalue weighted by molar-refractivity contribution is 5.42. The van der Waals surface area contributed by atoms with Gasteiger partial charge in [-0.3, -0.25) is 10.1 Å². The molecule has 0 radical (unpaired) electrons. The zero-order valence-electron chi connectivity index (χ0n) is 12.5. The van der Waals surface area contributed by atoms with E-state index in [0.717, 1.165) is 6.42 Å². The molecule has 120 valence electrons. The van der Waals surface area contributed by atoms with Gasteiger partial charge < -0.3 is 10.2 Å². The zero-order chi connectivity index (χ0) is 16.2. The third-order valence-corrected chi connectivity index (χ3v) is 4.00. The lowest BCUT2D eigenvalue weighted by Gasteiger charge is -2.18. The van der Waals surface area contributed by atoms with Gasteiger partial charge in [0, 0.05) is 43.5 Å². The fraction of sp³-hybridized carbons (Fsp3) is 0.312. The molecule has 1 aromatic heterocycles. The molecule has 0 bridgehead atoms. The Morgan fingerprint density at radius 3 is 2.96 bits per heavy atom. The molecule has 1 N–H and O–H groups in total. The minimum Gasteiger partial charge on any atom is -0.353 e. The van der Waals surface area contributed by atoms with Crippen molar-refractivity contribution in [3.8, 4) is 0 Å². The number of nitro groups is 1. The summed E-state index contributed by atoms with van der Waals surface area (Å²) in [6.45, 7) is 1.76. The van der Waals surface area contributed by atoms with Gasteiger partial charge in [0.1, 0.15) is 0 Å². The van der Waals surface area contributed by atoms with Crippen LogP contribution in [0.5, 0.6) is 0 Å². The molecule has 7 heteroatoms. The number of pyridine rings is 1. The second-order valence-electron chi connectivity index (χ2n) is 5.51. The maximum Gasteiger partial charge on any atom is 0.273 e. The maximum absolute atomic E-state index is 13.8. The summed E-state index contributed by atoms with van der Waals surface area (Å²) in [4.78, 5) is 16.6. The Morgan fingerprint density at radius 1 is 1.35 bits per heavy atom. The molecule has 2 aromatic rings. The average molecular weight is 316 g/mol. The molecule has 0 saturated carbocycles. The van der Waals surface area contributed by atoms with Gasteiger partial charge in [0.2, 0.25) is 0 Å². The number of halogens is 1. The smallest absolute Gasteiger partial charge is 0.273 e. The number of para-hydroxylation sites is 1. The molecule has 0 amide bonds. The van der Waals surface area contributed by atoms with Crippen molar-refractivity contribution in [3.05, 3.63) is 64.1 Å². The fourth-order valence-corrected chi connectivity index (χ4v) is 2.82. The number of benzene rings is 1. The lowest BCUT2D eigenvalue weighted by atomic mass is 10.1. The molecule has 3 rings (SSSR count). The van der Waals surface area contributed by atoms with E-state index in [9.17, 15) is 14.5 Å². The molecule has 2 heterocycles. The number of nitrogens with zero attached hydrogens (tertiary/aromatic N) is 3. The molecule has 0 spiro atoms. The van der Waals surface area contributed by atoms with Gasteiger partial charge in [0.25, 0.3) is 5.69 Å². The van der Waals surface area contributed by atoms with E-state index in [2.05, 4.69) is 10.3 Å². The second-order valence-corrected chi connectivity index (χ2v) is 5.51. The third-order valence-electron chi connectivity index (χ3n) is 4.00. The van der Waals surface area contributed by atoms with Gasteiger partial charge in [-0.25, -0.2) is 9.37 Å². The van der Waals surface area contributed by atoms with Crippen LogP contribution in [-0.4, -0.2) is 29.0 Å². The van der Waals surface area contributed by atoms with Crippen LogP contribution in [0, 0.1) is 15.9 Å². The van der Waals surface area contributed by atoms with Crippen LogP contribution < -0.4 is 10.2 Å². The Bertz CT molecular complexity index is 710. The molecule has 1 aliphatic heterocycles. The minimum atomic E-state index is -0.374.